The number of hydrogen-bond donors (Lipinski definition) is 1. The quantitative estimate of drug-likeness (QED) is 0.550. The van der Waals surface area contributed by atoms with Crippen LogP contribution in [-0.2, 0) is 0 Å². The van der Waals surface area contributed by atoms with E-state index >= 15 is 0 Å². The molecule has 1 heterocycles. The summed E-state index contributed by atoms with van der Waals surface area (Å²) < 4.78 is 0. The fraction of sp³-hybridized carbons (Fsp3) is 0.333. The Morgan fingerprint density at radius 3 is 2.88 bits per heavy atom. The van der Waals surface area contributed by atoms with Crippen LogP contribution in [0.15, 0.2) is 24.7 Å². The van der Waals surface area contributed by atoms with Gasteiger partial charge >= 0.3 is 0 Å². The maximum absolute atomic E-state index is 8.90. The maximum Gasteiger partial charge on any atom is 0.186 e. The lowest BCUT2D eigenvalue weighted by atomic mass is 10.5. The number of rotatable bonds is 1. The average molecular weight is 111 g/mol. The van der Waals surface area contributed by atoms with Gasteiger partial charge in [0.2, 0.25) is 0 Å². The van der Waals surface area contributed by atoms with E-state index in [4.69, 9.17) is 5.11 Å². The first-order valence-corrected chi connectivity index (χ1v) is 2.63. The van der Waals surface area contributed by atoms with E-state index in [2.05, 4.69) is 6.58 Å². The van der Waals surface area contributed by atoms with E-state index in [1.807, 2.05) is 0 Å². The third-order valence-corrected chi connectivity index (χ3v) is 1.21. The maximum atomic E-state index is 8.90. The van der Waals surface area contributed by atoms with E-state index in [9.17, 15) is 0 Å². The smallest absolute Gasteiger partial charge is 0.186 e. The van der Waals surface area contributed by atoms with Crippen molar-refractivity contribution in [3.8, 4) is 0 Å². The van der Waals surface area contributed by atoms with Crippen molar-refractivity contribution in [2.24, 2.45) is 0 Å². The van der Waals surface area contributed by atoms with Crippen molar-refractivity contribution in [1.29, 1.82) is 0 Å². The van der Waals surface area contributed by atoms with E-state index in [1.165, 1.54) is 0 Å². The Kier molecular flexibility index (Phi) is 1.24. The van der Waals surface area contributed by atoms with Gasteiger partial charge in [-0.05, 0) is 18.7 Å². The van der Waals surface area contributed by atoms with Crippen molar-refractivity contribution in [3.05, 3.63) is 24.7 Å². The average Bonchev–Trinajstić information content (AvgIpc) is 2.14. The zero-order chi connectivity index (χ0) is 5.98. The molecule has 44 valence electrons. The SMILES string of the molecule is C=CN1CCC=C1O. The summed E-state index contributed by atoms with van der Waals surface area (Å²) in [7, 11) is 0. The van der Waals surface area contributed by atoms with Gasteiger partial charge in [0.25, 0.3) is 0 Å². The second-order valence-corrected chi connectivity index (χ2v) is 1.73. The van der Waals surface area contributed by atoms with Crippen LogP contribution in [0.2, 0.25) is 0 Å². The molecule has 0 aromatic carbocycles. The highest BCUT2D eigenvalue weighted by atomic mass is 16.3. The van der Waals surface area contributed by atoms with Gasteiger partial charge in [-0.1, -0.05) is 6.58 Å². The molecule has 1 rings (SSSR count). The molecule has 1 N–H and O–H groups in total. The highest BCUT2D eigenvalue weighted by Crippen LogP contribution is 2.10. The van der Waals surface area contributed by atoms with Gasteiger partial charge in [0, 0.05) is 6.54 Å². The second kappa shape index (κ2) is 1.90. The van der Waals surface area contributed by atoms with E-state index in [0.717, 1.165) is 13.0 Å². The van der Waals surface area contributed by atoms with E-state index < -0.39 is 0 Å². The number of aliphatic hydroxyl groups is 1. The Morgan fingerprint density at radius 2 is 2.62 bits per heavy atom. The van der Waals surface area contributed by atoms with Crippen LogP contribution in [0.3, 0.4) is 0 Å². The molecule has 1 aliphatic rings. The monoisotopic (exact) mass is 111 g/mol. The van der Waals surface area contributed by atoms with Gasteiger partial charge in [0.15, 0.2) is 5.88 Å². The lowest BCUT2D eigenvalue weighted by Crippen LogP contribution is -2.10. The summed E-state index contributed by atoms with van der Waals surface area (Å²) >= 11 is 0. The molecular formula is C6H9NO. The van der Waals surface area contributed by atoms with Crippen molar-refractivity contribution in [2.45, 2.75) is 6.42 Å². The van der Waals surface area contributed by atoms with Gasteiger partial charge < -0.3 is 10.0 Å². The summed E-state index contributed by atoms with van der Waals surface area (Å²) in [6.07, 6.45) is 4.33. The highest BCUT2D eigenvalue weighted by Gasteiger charge is 2.07. The standard InChI is InChI=1S/C6H9NO/c1-2-7-5-3-4-6(7)8/h2,4,8H,1,3,5H2. The van der Waals surface area contributed by atoms with E-state index in [-0.39, 0.29) is 0 Å². The van der Waals surface area contributed by atoms with Gasteiger partial charge in [-0.25, -0.2) is 0 Å². The zero-order valence-corrected chi connectivity index (χ0v) is 4.67. The molecule has 8 heavy (non-hydrogen) atoms. The molecule has 0 unspecified atom stereocenters. The van der Waals surface area contributed by atoms with Gasteiger partial charge in [0.1, 0.15) is 0 Å². The molecule has 0 fully saturated rings. The van der Waals surface area contributed by atoms with E-state index in [0.29, 0.717) is 5.88 Å². The lowest BCUT2D eigenvalue weighted by Gasteiger charge is -2.09. The Bertz CT molecular complexity index is 128. The van der Waals surface area contributed by atoms with Crippen molar-refractivity contribution in [3.63, 3.8) is 0 Å². The molecule has 0 aromatic heterocycles. The molecule has 0 aliphatic carbocycles. The Balaban J connectivity index is 2.58. The van der Waals surface area contributed by atoms with Crippen LogP contribution < -0.4 is 0 Å². The fourth-order valence-electron chi connectivity index (χ4n) is 0.749. The first kappa shape index (κ1) is 5.22. The molecule has 0 atom stereocenters. The zero-order valence-electron chi connectivity index (χ0n) is 4.67. The summed E-state index contributed by atoms with van der Waals surface area (Å²) in [5.41, 5.74) is 0. The summed E-state index contributed by atoms with van der Waals surface area (Å²) in [4.78, 5) is 1.71. The summed E-state index contributed by atoms with van der Waals surface area (Å²) in [5, 5.41) is 8.90. The molecule has 2 heteroatoms. The fourth-order valence-corrected chi connectivity index (χ4v) is 0.749. The molecule has 0 spiro atoms. The van der Waals surface area contributed by atoms with Crippen LogP contribution in [0.5, 0.6) is 0 Å². The molecule has 0 aromatic rings. The molecule has 0 radical (unpaired) electrons. The number of hydrogen-bond acceptors (Lipinski definition) is 2. The predicted molar refractivity (Wildman–Crippen MR) is 32.2 cm³/mol. The van der Waals surface area contributed by atoms with Gasteiger partial charge in [-0.15, -0.1) is 0 Å². The molecule has 0 saturated carbocycles. The van der Waals surface area contributed by atoms with Crippen molar-refractivity contribution in [2.75, 3.05) is 6.54 Å². The molecule has 1 aliphatic heterocycles. The van der Waals surface area contributed by atoms with Crippen molar-refractivity contribution < 1.29 is 5.11 Å². The van der Waals surface area contributed by atoms with E-state index in [1.54, 1.807) is 17.2 Å². The van der Waals surface area contributed by atoms with Crippen molar-refractivity contribution >= 4 is 0 Å². The van der Waals surface area contributed by atoms with Crippen LogP contribution in [0, 0.1) is 0 Å². The van der Waals surface area contributed by atoms with Gasteiger partial charge in [0.05, 0.1) is 0 Å². The molecule has 0 bridgehead atoms. The van der Waals surface area contributed by atoms with Crippen LogP contribution >= 0.6 is 0 Å². The van der Waals surface area contributed by atoms with Crippen LogP contribution in [-0.4, -0.2) is 16.6 Å². The first-order chi connectivity index (χ1) is 3.84. The molecule has 0 saturated heterocycles. The van der Waals surface area contributed by atoms with Crippen LogP contribution in [0.1, 0.15) is 6.42 Å². The largest absolute Gasteiger partial charge is 0.495 e. The first-order valence-electron chi connectivity index (χ1n) is 2.63. The minimum absolute atomic E-state index is 0.333. The second-order valence-electron chi connectivity index (χ2n) is 1.73. The Hall–Kier alpha value is -0.920. The highest BCUT2D eigenvalue weighted by molar-refractivity contribution is 5.01. The third-order valence-electron chi connectivity index (χ3n) is 1.21. The molecule has 2 nitrogen and oxygen atoms in total. The summed E-state index contributed by atoms with van der Waals surface area (Å²) in [6, 6.07) is 0. The molecule has 0 amide bonds. The number of aliphatic hydroxyl groups excluding tert-OH is 1. The van der Waals surface area contributed by atoms with Gasteiger partial charge in [-0.3, -0.25) is 0 Å². The summed E-state index contributed by atoms with van der Waals surface area (Å²) in [5.74, 6) is 0.333. The van der Waals surface area contributed by atoms with Gasteiger partial charge in [-0.2, -0.15) is 0 Å². The Labute approximate surface area is 48.7 Å². The van der Waals surface area contributed by atoms with Crippen molar-refractivity contribution in [1.82, 2.24) is 4.90 Å². The van der Waals surface area contributed by atoms with Crippen LogP contribution in [0.4, 0.5) is 0 Å². The topological polar surface area (TPSA) is 23.5 Å². The predicted octanol–water partition coefficient (Wildman–Crippen LogP) is 1.23. The lowest BCUT2D eigenvalue weighted by molar-refractivity contribution is 0.278. The minimum atomic E-state index is 0.333. The minimum Gasteiger partial charge on any atom is -0.495 e. The Morgan fingerprint density at radius 1 is 1.88 bits per heavy atom. The van der Waals surface area contributed by atoms with Crippen LogP contribution in [0.25, 0.3) is 0 Å². The number of nitrogens with zero attached hydrogens (tertiary/aromatic N) is 1. The third kappa shape index (κ3) is 0.689. The summed E-state index contributed by atoms with van der Waals surface area (Å²) in [6.45, 7) is 4.39. The normalized spacial score (nSPS) is 18.5. The molecular weight excluding hydrogens is 102 g/mol.